The van der Waals surface area contributed by atoms with E-state index in [1.165, 1.54) is 0 Å². The second-order valence-electron chi connectivity index (χ2n) is 6.53. The average molecular weight is 391 g/mol. The normalized spacial score (nSPS) is 25.9. The topological polar surface area (TPSA) is 141 Å². The van der Waals surface area contributed by atoms with Gasteiger partial charge >= 0.3 is 24.1 Å². The van der Waals surface area contributed by atoms with Gasteiger partial charge in [-0.05, 0) is 20.3 Å². The number of fused-ring (bicyclic) bond motifs is 1. The molecule has 9 nitrogen and oxygen atoms in total. The third kappa shape index (κ3) is 3.38. The van der Waals surface area contributed by atoms with Crippen LogP contribution in [0.3, 0.4) is 0 Å². The quantitative estimate of drug-likeness (QED) is 0.690. The predicted octanol–water partition coefficient (Wildman–Crippen LogP) is 1.09. The molecular formula is C15H16F3N3O6. The molecule has 1 aliphatic carbocycles. The smallest absolute Gasteiger partial charge is 0.481 e. The molecule has 1 saturated heterocycles. The Morgan fingerprint density at radius 3 is 1.89 bits per heavy atom. The molecule has 1 aromatic heterocycles. The number of aliphatic carboxylic acids is 3. The van der Waals surface area contributed by atoms with Crippen molar-refractivity contribution in [3.8, 4) is 0 Å². The largest absolute Gasteiger partial charge is 0.490 e. The number of carbonyl (C=O) groups is 3. The summed E-state index contributed by atoms with van der Waals surface area (Å²) in [7, 11) is 0. The first kappa shape index (κ1) is 20.4. The molecule has 0 unspecified atom stereocenters. The van der Waals surface area contributed by atoms with Crippen LogP contribution in [-0.4, -0.2) is 62.5 Å². The van der Waals surface area contributed by atoms with Gasteiger partial charge in [-0.2, -0.15) is 13.2 Å². The first-order valence-electron chi connectivity index (χ1n) is 7.59. The first-order valence-corrected chi connectivity index (χ1v) is 7.59. The van der Waals surface area contributed by atoms with Crippen LogP contribution in [0.4, 0.5) is 19.0 Å². The Bertz CT molecular complexity index is 786. The van der Waals surface area contributed by atoms with Gasteiger partial charge in [0.2, 0.25) is 0 Å². The summed E-state index contributed by atoms with van der Waals surface area (Å²) in [6.45, 7) is 3.96. The van der Waals surface area contributed by atoms with Gasteiger partial charge in [-0.25, -0.2) is 14.8 Å². The molecule has 2 aliphatic rings. The fraction of sp³-hybridized carbons (Fsp3) is 0.533. The molecule has 2 heterocycles. The molecule has 12 heteroatoms. The van der Waals surface area contributed by atoms with E-state index in [1.54, 1.807) is 18.0 Å². The third-order valence-electron chi connectivity index (χ3n) is 4.74. The molecule has 2 atom stereocenters. The number of aryl methyl sites for hydroxylation is 2. The summed E-state index contributed by atoms with van der Waals surface area (Å²) in [5.74, 6) is -3.62. The molecular weight excluding hydrogens is 375 g/mol. The standard InChI is InChI=1S/C13H15N3O4.C2HF3O2/c1-7-3-14-8(2)15-9(7)16-5-12(10(17)18)4-13(12,6-16)11(19)20;3-2(4,5)1(6)7/h3H,4-6H2,1-2H3,(H,17,18)(H,19,20);(H,6,7)/t12-,13+;. The Labute approximate surface area is 150 Å². The minimum absolute atomic E-state index is 0.186. The van der Waals surface area contributed by atoms with E-state index in [-0.39, 0.29) is 19.5 Å². The summed E-state index contributed by atoms with van der Waals surface area (Å²) >= 11 is 0. The molecule has 1 aliphatic heterocycles. The summed E-state index contributed by atoms with van der Waals surface area (Å²) in [6, 6.07) is 0. The van der Waals surface area contributed by atoms with Crippen LogP contribution in [0.5, 0.6) is 0 Å². The minimum atomic E-state index is -5.08. The molecule has 1 aromatic rings. The van der Waals surface area contributed by atoms with Crippen LogP contribution in [0.1, 0.15) is 17.8 Å². The highest BCUT2D eigenvalue weighted by atomic mass is 19.4. The number of aromatic nitrogens is 2. The van der Waals surface area contributed by atoms with Crippen molar-refractivity contribution in [3.05, 3.63) is 17.6 Å². The predicted molar refractivity (Wildman–Crippen MR) is 82.2 cm³/mol. The lowest BCUT2D eigenvalue weighted by Crippen LogP contribution is -2.30. The lowest BCUT2D eigenvalue weighted by Gasteiger charge is -2.22. The second-order valence-corrected chi connectivity index (χ2v) is 6.53. The number of anilines is 1. The van der Waals surface area contributed by atoms with Crippen molar-refractivity contribution in [2.24, 2.45) is 10.8 Å². The maximum absolute atomic E-state index is 11.5. The zero-order valence-electron chi connectivity index (χ0n) is 14.2. The van der Waals surface area contributed by atoms with E-state index in [0.29, 0.717) is 11.6 Å². The minimum Gasteiger partial charge on any atom is -0.481 e. The number of carboxylic acid groups (broad SMARTS) is 3. The molecule has 3 rings (SSSR count). The van der Waals surface area contributed by atoms with E-state index in [4.69, 9.17) is 9.90 Å². The Morgan fingerprint density at radius 1 is 1.07 bits per heavy atom. The van der Waals surface area contributed by atoms with E-state index >= 15 is 0 Å². The van der Waals surface area contributed by atoms with Crippen molar-refractivity contribution >= 4 is 23.7 Å². The van der Waals surface area contributed by atoms with Crippen molar-refractivity contribution in [2.45, 2.75) is 26.4 Å². The number of alkyl halides is 3. The van der Waals surface area contributed by atoms with E-state index in [2.05, 4.69) is 9.97 Å². The molecule has 3 N–H and O–H groups in total. The Kier molecular flexibility index (Phi) is 4.80. The monoisotopic (exact) mass is 391 g/mol. The van der Waals surface area contributed by atoms with Gasteiger partial charge in [0.25, 0.3) is 0 Å². The van der Waals surface area contributed by atoms with Crippen LogP contribution in [0, 0.1) is 24.7 Å². The molecule has 1 saturated carbocycles. The lowest BCUT2D eigenvalue weighted by molar-refractivity contribution is -0.192. The number of piperidine rings is 1. The molecule has 148 valence electrons. The van der Waals surface area contributed by atoms with Gasteiger partial charge in [-0.15, -0.1) is 0 Å². The van der Waals surface area contributed by atoms with Crippen LogP contribution >= 0.6 is 0 Å². The highest BCUT2D eigenvalue weighted by molar-refractivity contribution is 5.95. The van der Waals surface area contributed by atoms with Crippen LogP contribution in [0.25, 0.3) is 0 Å². The van der Waals surface area contributed by atoms with Crippen molar-refractivity contribution in [1.29, 1.82) is 0 Å². The Morgan fingerprint density at radius 2 is 1.52 bits per heavy atom. The van der Waals surface area contributed by atoms with E-state index in [9.17, 15) is 33.0 Å². The molecule has 0 bridgehead atoms. The number of carboxylic acids is 3. The Hall–Kier alpha value is -2.92. The van der Waals surface area contributed by atoms with Crippen LogP contribution in [0.15, 0.2) is 6.20 Å². The third-order valence-corrected chi connectivity index (χ3v) is 4.74. The average Bonchev–Trinajstić information content (AvgIpc) is 3.08. The SMILES string of the molecule is Cc1ncc(C)c(N2C[C@@]3(C(=O)O)C[C@@]3(C(=O)O)C2)n1.O=C(O)C(F)(F)F. The van der Waals surface area contributed by atoms with Crippen LogP contribution < -0.4 is 4.90 Å². The molecule has 2 fully saturated rings. The summed E-state index contributed by atoms with van der Waals surface area (Å²) in [5, 5.41) is 25.9. The molecule has 0 radical (unpaired) electrons. The number of halogens is 3. The molecule has 0 spiro atoms. The number of hydrogen-bond donors (Lipinski definition) is 3. The maximum Gasteiger partial charge on any atom is 0.490 e. The van der Waals surface area contributed by atoms with Crippen molar-refractivity contribution in [2.75, 3.05) is 18.0 Å². The van der Waals surface area contributed by atoms with Gasteiger partial charge < -0.3 is 20.2 Å². The number of nitrogens with zero attached hydrogens (tertiary/aromatic N) is 3. The molecule has 27 heavy (non-hydrogen) atoms. The summed E-state index contributed by atoms with van der Waals surface area (Å²) in [5.41, 5.74) is -1.54. The number of rotatable bonds is 3. The van der Waals surface area contributed by atoms with E-state index in [1.807, 2.05) is 6.92 Å². The van der Waals surface area contributed by atoms with Crippen molar-refractivity contribution in [3.63, 3.8) is 0 Å². The van der Waals surface area contributed by atoms with E-state index < -0.39 is 34.9 Å². The van der Waals surface area contributed by atoms with Gasteiger partial charge in [0.15, 0.2) is 0 Å². The lowest BCUT2D eigenvalue weighted by atomic mass is 9.97. The molecule has 0 amide bonds. The highest BCUT2D eigenvalue weighted by Crippen LogP contribution is 2.68. The zero-order chi connectivity index (χ0) is 20.8. The summed E-state index contributed by atoms with van der Waals surface area (Å²) < 4.78 is 31.7. The van der Waals surface area contributed by atoms with Gasteiger partial charge in [-0.3, -0.25) is 9.59 Å². The first-order chi connectivity index (χ1) is 12.3. The van der Waals surface area contributed by atoms with E-state index in [0.717, 1.165) is 5.56 Å². The molecule has 0 aromatic carbocycles. The highest BCUT2D eigenvalue weighted by Gasteiger charge is 2.81. The van der Waals surface area contributed by atoms with Gasteiger partial charge in [0.1, 0.15) is 22.5 Å². The fourth-order valence-corrected chi connectivity index (χ4v) is 3.28. The second kappa shape index (κ2) is 6.35. The Balaban J connectivity index is 0.000000321. The van der Waals surface area contributed by atoms with Crippen LogP contribution in [-0.2, 0) is 14.4 Å². The maximum atomic E-state index is 11.5. The van der Waals surface area contributed by atoms with Crippen molar-refractivity contribution < 1.29 is 42.9 Å². The van der Waals surface area contributed by atoms with Gasteiger partial charge in [0, 0.05) is 24.8 Å². The summed E-state index contributed by atoms with van der Waals surface area (Å²) in [4.78, 5) is 42.0. The number of hydrogen-bond acceptors (Lipinski definition) is 6. The van der Waals surface area contributed by atoms with Crippen molar-refractivity contribution in [1.82, 2.24) is 9.97 Å². The van der Waals surface area contributed by atoms with Gasteiger partial charge in [-0.1, -0.05) is 0 Å². The fourth-order valence-electron chi connectivity index (χ4n) is 3.28. The van der Waals surface area contributed by atoms with Gasteiger partial charge in [0.05, 0.1) is 0 Å². The summed E-state index contributed by atoms with van der Waals surface area (Å²) in [6.07, 6.45) is -3.22. The zero-order valence-corrected chi connectivity index (χ0v) is 14.2. The van der Waals surface area contributed by atoms with Crippen LogP contribution in [0.2, 0.25) is 0 Å².